The van der Waals surface area contributed by atoms with Gasteiger partial charge in [0.2, 0.25) is 5.91 Å². The summed E-state index contributed by atoms with van der Waals surface area (Å²) in [4.78, 5) is 26.2. The summed E-state index contributed by atoms with van der Waals surface area (Å²) in [6.07, 6.45) is 57.1. The van der Waals surface area contributed by atoms with E-state index in [-0.39, 0.29) is 24.9 Å². The monoisotopic (exact) mass is 876 g/mol. The van der Waals surface area contributed by atoms with Crippen molar-refractivity contribution in [1.29, 1.82) is 0 Å². The molecule has 0 aliphatic rings. The normalized spacial score (nSPS) is 13.2. The summed E-state index contributed by atoms with van der Waals surface area (Å²) in [5.74, 6) is -0.468. The lowest BCUT2D eigenvalue weighted by molar-refractivity contribution is -0.151. The Balaban J connectivity index is 4.54. The Kier molecular flexibility index (Phi) is 49.5. The Hall–Kier alpha value is -1.40. The van der Waals surface area contributed by atoms with Gasteiger partial charge in [0.25, 0.3) is 0 Å². The minimum absolute atomic E-state index is 0.0744. The van der Waals surface area contributed by atoms with Gasteiger partial charge in [0.05, 0.1) is 25.2 Å². The molecule has 0 aromatic rings. The molecule has 0 aliphatic heterocycles. The molecule has 3 N–H and O–H groups in total. The number of carbonyl (C=O) groups is 2. The van der Waals surface area contributed by atoms with Crippen LogP contribution in [0.5, 0.6) is 0 Å². The predicted molar refractivity (Wildman–Crippen MR) is 269 cm³/mol. The Morgan fingerprint density at radius 1 is 0.452 bits per heavy atom. The average molecular weight is 876 g/mol. The molecule has 1 amide bonds. The quantitative estimate of drug-likeness (QED) is 0.0321. The summed E-state index contributed by atoms with van der Waals surface area (Å²) in [6, 6.07) is -0.700. The second-order valence-electron chi connectivity index (χ2n) is 19.3. The van der Waals surface area contributed by atoms with Gasteiger partial charge in [-0.05, 0) is 51.4 Å². The molecular formula is C56H109NO5. The average Bonchev–Trinajstić information content (AvgIpc) is 3.26. The van der Waals surface area contributed by atoms with Gasteiger partial charge in [0, 0.05) is 6.42 Å². The van der Waals surface area contributed by atoms with Crippen molar-refractivity contribution in [3.8, 4) is 0 Å². The molecule has 0 saturated carbocycles. The smallest absolute Gasteiger partial charge is 0.306 e. The number of aliphatic hydroxyl groups excluding tert-OH is 2. The van der Waals surface area contributed by atoms with Crippen LogP contribution in [0.15, 0.2) is 12.2 Å². The number of allylic oxidation sites excluding steroid dienone is 2. The van der Waals surface area contributed by atoms with E-state index in [2.05, 4.69) is 38.2 Å². The highest BCUT2D eigenvalue weighted by Gasteiger charge is 2.24. The van der Waals surface area contributed by atoms with Gasteiger partial charge in [-0.15, -0.1) is 0 Å². The zero-order valence-corrected chi connectivity index (χ0v) is 42.0. The van der Waals surface area contributed by atoms with E-state index in [1.54, 1.807) is 0 Å². The minimum atomic E-state index is -0.785. The van der Waals surface area contributed by atoms with Crippen molar-refractivity contribution in [3.63, 3.8) is 0 Å². The number of unbranched alkanes of at least 4 members (excludes halogenated alkanes) is 37. The Morgan fingerprint density at radius 2 is 0.774 bits per heavy atom. The molecule has 0 aromatic carbocycles. The number of hydrogen-bond acceptors (Lipinski definition) is 5. The van der Waals surface area contributed by atoms with Crippen LogP contribution in [0.3, 0.4) is 0 Å². The van der Waals surface area contributed by atoms with E-state index in [1.165, 1.54) is 205 Å². The number of ether oxygens (including phenoxy) is 1. The second kappa shape index (κ2) is 50.6. The summed E-state index contributed by atoms with van der Waals surface area (Å²) in [6.45, 7) is 6.51. The lowest BCUT2D eigenvalue weighted by Crippen LogP contribution is -2.46. The SMILES string of the molecule is CCCCCCCCCCC/C=C/CCCCCC(CC(=O)NC(CO)C(O)CCCCCCCCCCCCC)OC(=O)CCCCCCCCCCCCCCCCCC. The Bertz CT molecular complexity index is 939. The fraction of sp³-hybridized carbons (Fsp3) is 0.929. The molecule has 3 atom stereocenters. The molecule has 368 valence electrons. The first-order valence-corrected chi connectivity index (χ1v) is 27.9. The molecular weight excluding hydrogens is 767 g/mol. The van der Waals surface area contributed by atoms with Crippen LogP contribution in [0.1, 0.15) is 310 Å². The zero-order chi connectivity index (χ0) is 45.2. The van der Waals surface area contributed by atoms with Crippen molar-refractivity contribution in [3.05, 3.63) is 12.2 Å². The van der Waals surface area contributed by atoms with Crippen LogP contribution in [0.25, 0.3) is 0 Å². The molecule has 0 fully saturated rings. The fourth-order valence-electron chi connectivity index (χ4n) is 8.84. The molecule has 0 bridgehead atoms. The number of hydrogen-bond donors (Lipinski definition) is 3. The highest BCUT2D eigenvalue weighted by molar-refractivity contribution is 5.77. The topological polar surface area (TPSA) is 95.9 Å². The maximum atomic E-state index is 13.2. The van der Waals surface area contributed by atoms with Gasteiger partial charge in [-0.25, -0.2) is 0 Å². The highest BCUT2D eigenvalue weighted by Crippen LogP contribution is 2.18. The molecule has 0 radical (unpaired) electrons. The van der Waals surface area contributed by atoms with Crippen molar-refractivity contribution in [2.45, 2.75) is 328 Å². The van der Waals surface area contributed by atoms with Crippen molar-refractivity contribution < 1.29 is 24.5 Å². The van der Waals surface area contributed by atoms with Gasteiger partial charge < -0.3 is 20.3 Å². The lowest BCUT2D eigenvalue weighted by Gasteiger charge is -2.24. The van der Waals surface area contributed by atoms with E-state index in [9.17, 15) is 19.8 Å². The van der Waals surface area contributed by atoms with E-state index < -0.39 is 18.2 Å². The standard InChI is InChI=1S/C56H109NO5/c1-4-7-10-13-16-19-22-24-26-28-30-33-35-38-41-44-47-52(62-56(61)49-46-43-40-37-34-31-29-27-25-23-20-17-14-11-8-5-2)50-55(60)57-53(51-58)54(59)48-45-42-39-36-32-21-18-15-12-9-6-3/h30,33,52-54,58-59H,4-29,31-32,34-51H2,1-3H3,(H,57,60)/b33-30+. The highest BCUT2D eigenvalue weighted by atomic mass is 16.5. The van der Waals surface area contributed by atoms with Crippen LogP contribution in [0.4, 0.5) is 0 Å². The van der Waals surface area contributed by atoms with Crippen LogP contribution in [-0.4, -0.2) is 46.9 Å². The molecule has 0 heterocycles. The zero-order valence-electron chi connectivity index (χ0n) is 42.0. The number of rotatable bonds is 51. The van der Waals surface area contributed by atoms with Gasteiger partial charge in [0.15, 0.2) is 0 Å². The number of esters is 1. The molecule has 62 heavy (non-hydrogen) atoms. The first kappa shape index (κ1) is 60.6. The van der Waals surface area contributed by atoms with Crippen LogP contribution in [0, 0.1) is 0 Å². The van der Waals surface area contributed by atoms with E-state index in [0.717, 1.165) is 57.8 Å². The third-order valence-electron chi connectivity index (χ3n) is 13.1. The van der Waals surface area contributed by atoms with Crippen molar-refractivity contribution in [1.82, 2.24) is 5.32 Å². The summed E-state index contributed by atoms with van der Waals surface area (Å²) in [5.41, 5.74) is 0. The largest absolute Gasteiger partial charge is 0.462 e. The fourth-order valence-corrected chi connectivity index (χ4v) is 8.84. The lowest BCUT2D eigenvalue weighted by atomic mass is 10.0. The minimum Gasteiger partial charge on any atom is -0.462 e. The van der Waals surface area contributed by atoms with Crippen LogP contribution in [-0.2, 0) is 14.3 Å². The number of nitrogens with one attached hydrogen (secondary N) is 1. The molecule has 6 heteroatoms. The van der Waals surface area contributed by atoms with Crippen molar-refractivity contribution >= 4 is 11.9 Å². The molecule has 3 unspecified atom stereocenters. The first-order chi connectivity index (χ1) is 30.5. The van der Waals surface area contributed by atoms with Crippen molar-refractivity contribution in [2.24, 2.45) is 0 Å². The van der Waals surface area contributed by atoms with Gasteiger partial charge in [-0.2, -0.15) is 0 Å². The predicted octanol–water partition coefficient (Wildman–Crippen LogP) is 16.9. The van der Waals surface area contributed by atoms with E-state index >= 15 is 0 Å². The van der Waals surface area contributed by atoms with Crippen molar-refractivity contribution in [2.75, 3.05) is 6.61 Å². The van der Waals surface area contributed by atoms with Crippen LogP contribution in [0.2, 0.25) is 0 Å². The molecule has 6 nitrogen and oxygen atoms in total. The summed E-state index contributed by atoms with van der Waals surface area (Å²) < 4.78 is 5.95. The second-order valence-corrected chi connectivity index (χ2v) is 19.3. The van der Waals surface area contributed by atoms with Gasteiger partial charge >= 0.3 is 5.97 Å². The number of amides is 1. The van der Waals surface area contributed by atoms with Gasteiger partial charge in [-0.3, -0.25) is 9.59 Å². The number of aliphatic hydroxyl groups is 2. The Labute approximate surface area is 387 Å². The van der Waals surface area contributed by atoms with E-state index in [4.69, 9.17) is 4.74 Å². The molecule has 0 aliphatic carbocycles. The van der Waals surface area contributed by atoms with Gasteiger partial charge in [0.1, 0.15) is 6.10 Å². The molecule has 0 spiro atoms. The van der Waals surface area contributed by atoms with Crippen LogP contribution < -0.4 is 5.32 Å². The Morgan fingerprint density at radius 3 is 1.16 bits per heavy atom. The maximum absolute atomic E-state index is 13.2. The summed E-state index contributed by atoms with van der Waals surface area (Å²) >= 11 is 0. The molecule has 0 rings (SSSR count). The summed E-state index contributed by atoms with van der Waals surface area (Å²) in [5, 5.41) is 23.8. The third kappa shape index (κ3) is 45.2. The van der Waals surface area contributed by atoms with E-state index in [0.29, 0.717) is 19.3 Å². The maximum Gasteiger partial charge on any atom is 0.306 e. The van der Waals surface area contributed by atoms with Crippen LogP contribution >= 0.6 is 0 Å². The third-order valence-corrected chi connectivity index (χ3v) is 13.1. The number of carbonyl (C=O) groups excluding carboxylic acids is 2. The molecule has 0 aromatic heterocycles. The summed E-state index contributed by atoms with van der Waals surface area (Å²) in [7, 11) is 0. The molecule has 0 saturated heterocycles. The van der Waals surface area contributed by atoms with E-state index in [1.807, 2.05) is 0 Å². The van der Waals surface area contributed by atoms with Gasteiger partial charge in [-0.1, -0.05) is 258 Å². The first-order valence-electron chi connectivity index (χ1n) is 27.9.